The van der Waals surface area contributed by atoms with Crippen molar-refractivity contribution in [3.8, 4) is 0 Å². The maximum atomic E-state index is 4.50. The molecule has 72 valence electrons. The van der Waals surface area contributed by atoms with E-state index in [-0.39, 0.29) is 0 Å². The molecule has 0 aromatic carbocycles. The van der Waals surface area contributed by atoms with Crippen LogP contribution in [0.1, 0.15) is 31.2 Å². The third kappa shape index (κ3) is 1.45. The minimum Gasteiger partial charge on any atom is -0.248 e. The van der Waals surface area contributed by atoms with Gasteiger partial charge in [0, 0.05) is 6.20 Å². The molecular formula is C11H13N3. The Bertz CT molecular complexity index is 463. The molecule has 0 aliphatic heterocycles. The van der Waals surface area contributed by atoms with Crippen LogP contribution >= 0.6 is 0 Å². The number of hydrogen-bond acceptors (Lipinski definition) is 3. The van der Waals surface area contributed by atoms with Crippen molar-refractivity contribution in [3.05, 3.63) is 29.7 Å². The lowest BCUT2D eigenvalue weighted by atomic mass is 10.1. The molecule has 0 aliphatic rings. The lowest BCUT2D eigenvalue weighted by Crippen LogP contribution is -2.01. The largest absolute Gasteiger partial charge is 0.248 e. The smallest absolute Gasteiger partial charge is 0.178 e. The van der Waals surface area contributed by atoms with Crippen LogP contribution in [0.3, 0.4) is 0 Å². The van der Waals surface area contributed by atoms with Crippen molar-refractivity contribution < 1.29 is 0 Å². The van der Waals surface area contributed by atoms with Gasteiger partial charge in [-0.1, -0.05) is 13.8 Å². The average molecular weight is 187 g/mol. The summed E-state index contributed by atoms with van der Waals surface area (Å²) < 4.78 is 0. The number of fused-ring (bicyclic) bond motifs is 1. The molecule has 3 nitrogen and oxygen atoms in total. The molecule has 0 spiro atoms. The average Bonchev–Trinajstić information content (AvgIpc) is 2.16. The third-order valence-corrected chi connectivity index (χ3v) is 2.20. The Balaban J connectivity index is 2.71. The molecule has 2 heterocycles. The van der Waals surface area contributed by atoms with E-state index in [1.165, 1.54) is 0 Å². The first-order valence-corrected chi connectivity index (χ1v) is 4.77. The van der Waals surface area contributed by atoms with Gasteiger partial charge in [-0.2, -0.15) is 0 Å². The Hall–Kier alpha value is -1.51. The topological polar surface area (TPSA) is 38.7 Å². The van der Waals surface area contributed by atoms with Gasteiger partial charge in [0.1, 0.15) is 5.52 Å². The molecule has 0 saturated carbocycles. The van der Waals surface area contributed by atoms with E-state index in [1.54, 1.807) is 6.20 Å². The Kier molecular flexibility index (Phi) is 2.15. The molecule has 0 atom stereocenters. The highest BCUT2D eigenvalue weighted by Gasteiger charge is 2.08. The predicted octanol–water partition coefficient (Wildman–Crippen LogP) is 2.46. The number of aromatic nitrogens is 3. The second kappa shape index (κ2) is 3.33. The highest BCUT2D eigenvalue weighted by molar-refractivity contribution is 5.69. The van der Waals surface area contributed by atoms with Gasteiger partial charge < -0.3 is 0 Å². The molecule has 3 heteroatoms. The zero-order valence-electron chi connectivity index (χ0n) is 8.65. The molecule has 2 aromatic heterocycles. The molecule has 0 amide bonds. The second-order valence-electron chi connectivity index (χ2n) is 3.70. The number of pyridine rings is 1. The zero-order valence-corrected chi connectivity index (χ0v) is 8.65. The fourth-order valence-electron chi connectivity index (χ4n) is 1.54. The minimum atomic E-state index is 0.397. The summed E-state index contributed by atoms with van der Waals surface area (Å²) >= 11 is 0. The van der Waals surface area contributed by atoms with Gasteiger partial charge in [0.05, 0.1) is 11.4 Å². The maximum Gasteiger partial charge on any atom is 0.178 e. The van der Waals surface area contributed by atoms with Gasteiger partial charge in [-0.3, -0.25) is 0 Å². The first kappa shape index (κ1) is 9.06. The lowest BCUT2D eigenvalue weighted by molar-refractivity contribution is 0.804. The zero-order chi connectivity index (χ0) is 10.1. The standard InChI is InChI=1S/C11H13N3/c1-7(2)10-8(3)13-9-5-4-6-12-11(9)14-10/h4-7H,1-3H3. The molecule has 0 bridgehead atoms. The van der Waals surface area contributed by atoms with Crippen LogP contribution in [0.25, 0.3) is 11.2 Å². The Morgan fingerprint density at radius 3 is 2.71 bits per heavy atom. The summed E-state index contributed by atoms with van der Waals surface area (Å²) in [5.74, 6) is 0.397. The Morgan fingerprint density at radius 2 is 2.00 bits per heavy atom. The molecule has 0 aliphatic carbocycles. The summed E-state index contributed by atoms with van der Waals surface area (Å²) in [7, 11) is 0. The van der Waals surface area contributed by atoms with Gasteiger partial charge in [-0.15, -0.1) is 0 Å². The number of nitrogens with zero attached hydrogens (tertiary/aromatic N) is 3. The highest BCUT2D eigenvalue weighted by Crippen LogP contribution is 2.17. The lowest BCUT2D eigenvalue weighted by Gasteiger charge is -2.08. The van der Waals surface area contributed by atoms with Gasteiger partial charge in [-0.25, -0.2) is 15.0 Å². The van der Waals surface area contributed by atoms with Crippen molar-refractivity contribution >= 4 is 11.2 Å². The predicted molar refractivity (Wildman–Crippen MR) is 56.2 cm³/mol. The van der Waals surface area contributed by atoms with Crippen molar-refractivity contribution in [2.75, 3.05) is 0 Å². The van der Waals surface area contributed by atoms with Crippen LogP contribution in [0.2, 0.25) is 0 Å². The van der Waals surface area contributed by atoms with Gasteiger partial charge in [0.15, 0.2) is 5.65 Å². The molecule has 0 radical (unpaired) electrons. The van der Waals surface area contributed by atoms with Crippen LogP contribution in [0, 0.1) is 6.92 Å². The monoisotopic (exact) mass is 187 g/mol. The van der Waals surface area contributed by atoms with Gasteiger partial charge in [0.2, 0.25) is 0 Å². The fraction of sp³-hybridized carbons (Fsp3) is 0.364. The summed E-state index contributed by atoms with van der Waals surface area (Å²) in [5.41, 5.74) is 3.65. The molecular weight excluding hydrogens is 174 g/mol. The first-order chi connectivity index (χ1) is 6.68. The normalized spacial score (nSPS) is 11.1. The number of rotatable bonds is 1. The Labute approximate surface area is 83.2 Å². The van der Waals surface area contributed by atoms with Crippen molar-refractivity contribution in [2.45, 2.75) is 26.7 Å². The van der Waals surface area contributed by atoms with Crippen LogP contribution < -0.4 is 0 Å². The second-order valence-corrected chi connectivity index (χ2v) is 3.70. The van der Waals surface area contributed by atoms with Gasteiger partial charge in [0.25, 0.3) is 0 Å². The number of aryl methyl sites for hydroxylation is 1. The quantitative estimate of drug-likeness (QED) is 0.688. The molecule has 0 saturated heterocycles. The van der Waals surface area contributed by atoms with Crippen LogP contribution in [-0.2, 0) is 0 Å². The van der Waals surface area contributed by atoms with Crippen molar-refractivity contribution in [2.24, 2.45) is 0 Å². The first-order valence-electron chi connectivity index (χ1n) is 4.77. The molecule has 2 rings (SSSR count). The van der Waals surface area contributed by atoms with Crippen molar-refractivity contribution in [3.63, 3.8) is 0 Å². The fourth-order valence-corrected chi connectivity index (χ4v) is 1.54. The summed E-state index contributed by atoms with van der Waals surface area (Å²) in [6.45, 7) is 6.23. The Morgan fingerprint density at radius 1 is 1.21 bits per heavy atom. The summed E-state index contributed by atoms with van der Waals surface area (Å²) in [6.07, 6.45) is 1.75. The molecule has 0 N–H and O–H groups in total. The van der Waals surface area contributed by atoms with Crippen LogP contribution in [-0.4, -0.2) is 15.0 Å². The summed E-state index contributed by atoms with van der Waals surface area (Å²) in [6, 6.07) is 3.82. The summed E-state index contributed by atoms with van der Waals surface area (Å²) in [4.78, 5) is 13.2. The maximum absolute atomic E-state index is 4.50. The highest BCUT2D eigenvalue weighted by atomic mass is 14.9. The molecule has 2 aromatic rings. The van der Waals surface area contributed by atoms with E-state index in [2.05, 4.69) is 28.8 Å². The van der Waals surface area contributed by atoms with Crippen LogP contribution in [0.15, 0.2) is 18.3 Å². The van der Waals surface area contributed by atoms with Gasteiger partial charge >= 0.3 is 0 Å². The van der Waals surface area contributed by atoms with Crippen molar-refractivity contribution in [1.29, 1.82) is 0 Å². The summed E-state index contributed by atoms with van der Waals surface area (Å²) in [5, 5.41) is 0. The van der Waals surface area contributed by atoms with E-state index in [9.17, 15) is 0 Å². The van der Waals surface area contributed by atoms with Crippen LogP contribution in [0.5, 0.6) is 0 Å². The molecule has 0 fully saturated rings. The SMILES string of the molecule is Cc1nc2cccnc2nc1C(C)C. The third-order valence-electron chi connectivity index (χ3n) is 2.20. The van der Waals surface area contributed by atoms with E-state index < -0.39 is 0 Å². The van der Waals surface area contributed by atoms with E-state index in [0.717, 1.165) is 22.6 Å². The van der Waals surface area contributed by atoms with Crippen molar-refractivity contribution in [1.82, 2.24) is 15.0 Å². The molecule has 0 unspecified atom stereocenters. The van der Waals surface area contributed by atoms with E-state index in [1.807, 2.05) is 19.1 Å². The van der Waals surface area contributed by atoms with Gasteiger partial charge in [-0.05, 0) is 25.0 Å². The van der Waals surface area contributed by atoms with E-state index >= 15 is 0 Å². The minimum absolute atomic E-state index is 0.397. The van der Waals surface area contributed by atoms with Crippen LogP contribution in [0.4, 0.5) is 0 Å². The number of hydrogen-bond donors (Lipinski definition) is 0. The van der Waals surface area contributed by atoms with E-state index in [0.29, 0.717) is 5.92 Å². The molecule has 14 heavy (non-hydrogen) atoms. The van der Waals surface area contributed by atoms with E-state index in [4.69, 9.17) is 0 Å².